The zero-order valence-electron chi connectivity index (χ0n) is 15.4. The predicted molar refractivity (Wildman–Crippen MR) is 90.5 cm³/mol. The molecule has 0 bridgehead atoms. The SMILES string of the molecule is Cc1noc(C)c1CN(C)CCC(=O)N[C@@H]1[C@H]2CCO[C@@H]2C1(C)C. The number of aryl methyl sites for hydroxylation is 2. The molecule has 1 N–H and O–H groups in total. The summed E-state index contributed by atoms with van der Waals surface area (Å²) in [4.78, 5) is 14.5. The highest BCUT2D eigenvalue weighted by atomic mass is 16.5. The Morgan fingerprint density at radius 1 is 1.42 bits per heavy atom. The lowest BCUT2D eigenvalue weighted by Crippen LogP contribution is -2.66. The van der Waals surface area contributed by atoms with Crippen LogP contribution >= 0.6 is 0 Å². The third-order valence-corrected chi connectivity index (χ3v) is 5.75. The van der Waals surface area contributed by atoms with Crippen molar-refractivity contribution < 1.29 is 14.1 Å². The molecule has 1 aromatic rings. The van der Waals surface area contributed by atoms with Crippen molar-refractivity contribution in [3.63, 3.8) is 0 Å². The number of carbonyl (C=O) groups is 1. The molecule has 1 saturated carbocycles. The van der Waals surface area contributed by atoms with Crippen LogP contribution in [0.4, 0.5) is 0 Å². The molecule has 0 unspecified atom stereocenters. The number of rotatable bonds is 6. The summed E-state index contributed by atoms with van der Waals surface area (Å²) in [5.74, 6) is 1.47. The highest BCUT2D eigenvalue weighted by Gasteiger charge is 2.59. The summed E-state index contributed by atoms with van der Waals surface area (Å²) >= 11 is 0. The van der Waals surface area contributed by atoms with Crippen LogP contribution < -0.4 is 5.32 Å². The van der Waals surface area contributed by atoms with Crippen LogP contribution in [0.2, 0.25) is 0 Å². The van der Waals surface area contributed by atoms with Crippen molar-refractivity contribution >= 4 is 5.91 Å². The van der Waals surface area contributed by atoms with Crippen LogP contribution in [0.5, 0.6) is 0 Å². The molecule has 0 aromatic carbocycles. The molecule has 1 saturated heterocycles. The van der Waals surface area contributed by atoms with Gasteiger partial charge in [-0.25, -0.2) is 0 Å². The average molecular weight is 335 g/mol. The van der Waals surface area contributed by atoms with Crippen LogP contribution in [0.15, 0.2) is 4.52 Å². The third-order valence-electron chi connectivity index (χ3n) is 5.75. The van der Waals surface area contributed by atoms with Crippen molar-refractivity contribution in [1.82, 2.24) is 15.4 Å². The molecular formula is C18H29N3O3. The molecule has 1 aliphatic carbocycles. The zero-order chi connectivity index (χ0) is 17.5. The Labute approximate surface area is 143 Å². The van der Waals surface area contributed by atoms with Gasteiger partial charge in [-0.05, 0) is 27.3 Å². The van der Waals surface area contributed by atoms with Crippen LogP contribution in [-0.4, -0.2) is 48.3 Å². The molecule has 134 valence electrons. The number of fused-ring (bicyclic) bond motifs is 1. The largest absolute Gasteiger partial charge is 0.377 e. The lowest BCUT2D eigenvalue weighted by atomic mass is 9.57. The Morgan fingerprint density at radius 3 is 2.83 bits per heavy atom. The number of carbonyl (C=O) groups excluding carboxylic acids is 1. The first kappa shape index (κ1) is 17.4. The first-order chi connectivity index (χ1) is 11.3. The Bertz CT molecular complexity index is 591. The maximum absolute atomic E-state index is 12.4. The van der Waals surface area contributed by atoms with Crippen LogP contribution in [0.3, 0.4) is 0 Å². The monoisotopic (exact) mass is 335 g/mol. The molecular weight excluding hydrogens is 306 g/mol. The number of ether oxygens (including phenoxy) is 1. The van der Waals surface area contributed by atoms with E-state index < -0.39 is 0 Å². The molecule has 24 heavy (non-hydrogen) atoms. The van der Waals surface area contributed by atoms with E-state index in [9.17, 15) is 4.79 Å². The van der Waals surface area contributed by atoms with E-state index in [1.54, 1.807) is 0 Å². The number of hydrogen-bond acceptors (Lipinski definition) is 5. The molecule has 1 aromatic heterocycles. The summed E-state index contributed by atoms with van der Waals surface area (Å²) in [5, 5.41) is 7.21. The standard InChI is InChI=1S/C18H29N3O3/c1-11-14(12(2)24-20-11)10-21(5)8-6-15(22)19-16-13-7-9-23-17(13)18(16,3)4/h13,16-17H,6-10H2,1-5H3,(H,19,22)/t13-,16-,17+/m1/s1. The van der Waals surface area contributed by atoms with Gasteiger partial charge in [-0.2, -0.15) is 0 Å². The second kappa shape index (κ2) is 6.48. The van der Waals surface area contributed by atoms with Gasteiger partial charge in [0, 0.05) is 49.1 Å². The summed E-state index contributed by atoms with van der Waals surface area (Å²) in [6.07, 6.45) is 1.88. The van der Waals surface area contributed by atoms with E-state index >= 15 is 0 Å². The molecule has 6 heteroatoms. The number of aromatic nitrogens is 1. The number of amides is 1. The van der Waals surface area contributed by atoms with Crippen molar-refractivity contribution in [2.75, 3.05) is 20.2 Å². The summed E-state index contributed by atoms with van der Waals surface area (Å²) in [7, 11) is 2.02. The fourth-order valence-corrected chi connectivity index (χ4v) is 4.23. The first-order valence-electron chi connectivity index (χ1n) is 8.82. The maximum atomic E-state index is 12.4. The Morgan fingerprint density at radius 2 is 2.17 bits per heavy atom. The van der Waals surface area contributed by atoms with Crippen LogP contribution in [0.25, 0.3) is 0 Å². The van der Waals surface area contributed by atoms with Gasteiger partial charge in [0.05, 0.1) is 11.8 Å². The lowest BCUT2D eigenvalue weighted by molar-refractivity contribution is -0.138. The molecule has 1 aliphatic heterocycles. The zero-order valence-corrected chi connectivity index (χ0v) is 15.4. The fourth-order valence-electron chi connectivity index (χ4n) is 4.23. The van der Waals surface area contributed by atoms with Gasteiger partial charge in [0.15, 0.2) is 0 Å². The Kier molecular flexibility index (Phi) is 4.71. The molecule has 2 aliphatic rings. The van der Waals surface area contributed by atoms with Gasteiger partial charge in [-0.1, -0.05) is 19.0 Å². The molecule has 2 heterocycles. The van der Waals surface area contributed by atoms with E-state index in [1.807, 2.05) is 20.9 Å². The lowest BCUT2D eigenvalue weighted by Gasteiger charge is -2.54. The second-order valence-corrected chi connectivity index (χ2v) is 7.90. The number of nitrogens with zero attached hydrogens (tertiary/aromatic N) is 2. The number of nitrogens with one attached hydrogen (secondary N) is 1. The Balaban J connectivity index is 1.46. The van der Waals surface area contributed by atoms with E-state index in [-0.39, 0.29) is 17.4 Å². The van der Waals surface area contributed by atoms with Gasteiger partial charge < -0.3 is 19.5 Å². The molecule has 0 radical (unpaired) electrons. The average Bonchev–Trinajstić information content (AvgIpc) is 3.11. The van der Waals surface area contributed by atoms with Crippen molar-refractivity contribution in [3.8, 4) is 0 Å². The van der Waals surface area contributed by atoms with Crippen molar-refractivity contribution in [3.05, 3.63) is 17.0 Å². The fraction of sp³-hybridized carbons (Fsp3) is 0.778. The highest BCUT2D eigenvalue weighted by Crippen LogP contribution is 2.52. The normalized spacial score (nSPS) is 27.8. The summed E-state index contributed by atoms with van der Waals surface area (Å²) in [6, 6.07) is 0.241. The predicted octanol–water partition coefficient (Wildman–Crippen LogP) is 2.04. The minimum atomic E-state index is 0.0411. The van der Waals surface area contributed by atoms with E-state index in [2.05, 4.69) is 29.2 Å². The van der Waals surface area contributed by atoms with Gasteiger partial charge >= 0.3 is 0 Å². The van der Waals surface area contributed by atoms with Gasteiger partial charge in [0.25, 0.3) is 0 Å². The van der Waals surface area contributed by atoms with E-state index in [0.29, 0.717) is 25.0 Å². The quantitative estimate of drug-likeness (QED) is 0.862. The first-order valence-corrected chi connectivity index (χ1v) is 8.82. The third kappa shape index (κ3) is 3.09. The molecule has 0 spiro atoms. The van der Waals surface area contributed by atoms with Crippen LogP contribution in [0, 0.1) is 25.2 Å². The van der Waals surface area contributed by atoms with Crippen molar-refractivity contribution in [1.29, 1.82) is 0 Å². The van der Waals surface area contributed by atoms with Gasteiger partial charge in [0.1, 0.15) is 5.76 Å². The van der Waals surface area contributed by atoms with Crippen LogP contribution in [0.1, 0.15) is 43.7 Å². The summed E-state index contributed by atoms with van der Waals surface area (Å²) in [5.41, 5.74) is 2.08. The second-order valence-electron chi connectivity index (χ2n) is 7.90. The number of hydrogen-bond donors (Lipinski definition) is 1. The Hall–Kier alpha value is -1.40. The minimum Gasteiger partial charge on any atom is -0.377 e. The topological polar surface area (TPSA) is 67.6 Å². The van der Waals surface area contributed by atoms with E-state index in [0.717, 1.165) is 36.6 Å². The maximum Gasteiger partial charge on any atom is 0.221 e. The molecule has 2 fully saturated rings. The molecule has 3 rings (SSSR count). The molecule has 6 nitrogen and oxygen atoms in total. The molecule has 1 amide bonds. The summed E-state index contributed by atoms with van der Waals surface area (Å²) < 4.78 is 11.0. The van der Waals surface area contributed by atoms with Crippen LogP contribution in [-0.2, 0) is 16.1 Å². The smallest absolute Gasteiger partial charge is 0.221 e. The van der Waals surface area contributed by atoms with Gasteiger partial charge in [-0.3, -0.25) is 4.79 Å². The van der Waals surface area contributed by atoms with E-state index in [1.165, 1.54) is 0 Å². The van der Waals surface area contributed by atoms with Crippen molar-refractivity contribution in [2.45, 2.75) is 59.2 Å². The van der Waals surface area contributed by atoms with Gasteiger partial charge in [-0.15, -0.1) is 0 Å². The van der Waals surface area contributed by atoms with Crippen molar-refractivity contribution in [2.24, 2.45) is 11.3 Å². The molecule has 3 atom stereocenters. The summed E-state index contributed by atoms with van der Waals surface area (Å²) in [6.45, 7) is 10.5. The highest BCUT2D eigenvalue weighted by molar-refractivity contribution is 5.76. The van der Waals surface area contributed by atoms with Gasteiger partial charge in [0.2, 0.25) is 5.91 Å². The minimum absolute atomic E-state index is 0.0411. The van der Waals surface area contributed by atoms with E-state index in [4.69, 9.17) is 9.26 Å².